The zero-order valence-corrected chi connectivity index (χ0v) is 12.0. The number of phenols is 1. The zero-order chi connectivity index (χ0) is 15.1. The Morgan fingerprint density at radius 1 is 1.23 bits per heavy atom. The third kappa shape index (κ3) is 1.99. The lowest BCUT2D eigenvalue weighted by Gasteiger charge is -2.31. The third-order valence-electron chi connectivity index (χ3n) is 4.61. The van der Waals surface area contributed by atoms with E-state index in [0.717, 1.165) is 23.9 Å². The predicted octanol–water partition coefficient (Wildman–Crippen LogP) is 3.23. The van der Waals surface area contributed by atoms with Crippen LogP contribution in [-0.2, 0) is 0 Å². The Morgan fingerprint density at radius 3 is 2.95 bits per heavy atom. The summed E-state index contributed by atoms with van der Waals surface area (Å²) in [5.74, 6) is 0.699. The number of nitrogens with one attached hydrogen (secondary N) is 1. The molecule has 0 radical (unpaired) electrons. The van der Waals surface area contributed by atoms with Crippen molar-refractivity contribution in [2.45, 2.75) is 12.8 Å². The van der Waals surface area contributed by atoms with E-state index in [1.807, 2.05) is 24.3 Å². The van der Waals surface area contributed by atoms with Gasteiger partial charge in [-0.1, -0.05) is 42.5 Å². The Hall–Kier alpha value is -2.62. The minimum Gasteiger partial charge on any atom is -0.506 e. The summed E-state index contributed by atoms with van der Waals surface area (Å²) in [5.41, 5.74) is 3.88. The van der Waals surface area contributed by atoms with Crippen molar-refractivity contribution in [1.82, 2.24) is 5.43 Å². The average Bonchev–Trinajstić information content (AvgIpc) is 2.89. The van der Waals surface area contributed by atoms with E-state index in [0.29, 0.717) is 17.2 Å². The fraction of sp³-hybridized carbons (Fsp3) is 0.222. The van der Waals surface area contributed by atoms with Gasteiger partial charge in [-0.25, -0.2) is 5.43 Å². The Kier molecular flexibility index (Phi) is 2.96. The molecule has 2 unspecified atom stereocenters. The molecule has 0 aliphatic heterocycles. The van der Waals surface area contributed by atoms with Crippen molar-refractivity contribution in [3.05, 3.63) is 54.1 Å². The molecule has 0 heterocycles. The molecule has 2 atom stereocenters. The summed E-state index contributed by atoms with van der Waals surface area (Å²) in [7, 11) is 0. The molecular weight excluding hydrogens is 276 g/mol. The molecule has 2 N–H and O–H groups in total. The molecule has 4 nitrogen and oxygen atoms in total. The van der Waals surface area contributed by atoms with Gasteiger partial charge in [0, 0.05) is 17.0 Å². The SMILES string of the molecule is O=C(N/N=C1/CC2C=CCC12)c1ccc2ccccc2c1O. The van der Waals surface area contributed by atoms with E-state index in [1.165, 1.54) is 0 Å². The van der Waals surface area contributed by atoms with E-state index in [2.05, 4.69) is 22.7 Å². The van der Waals surface area contributed by atoms with Gasteiger partial charge in [0.05, 0.1) is 5.56 Å². The number of hydrazone groups is 1. The smallest absolute Gasteiger partial charge is 0.275 e. The summed E-state index contributed by atoms with van der Waals surface area (Å²) in [4.78, 5) is 12.3. The van der Waals surface area contributed by atoms with Gasteiger partial charge in [0.25, 0.3) is 5.91 Å². The van der Waals surface area contributed by atoms with E-state index in [9.17, 15) is 9.90 Å². The number of hydrogen-bond acceptors (Lipinski definition) is 3. The first kappa shape index (κ1) is 13.1. The number of benzene rings is 2. The number of fused-ring (bicyclic) bond motifs is 2. The number of hydrogen-bond donors (Lipinski definition) is 2. The van der Waals surface area contributed by atoms with Crippen LogP contribution in [0.1, 0.15) is 23.2 Å². The van der Waals surface area contributed by atoms with Crippen molar-refractivity contribution in [2.75, 3.05) is 0 Å². The van der Waals surface area contributed by atoms with Crippen molar-refractivity contribution in [2.24, 2.45) is 16.9 Å². The fourth-order valence-corrected chi connectivity index (χ4v) is 3.28. The monoisotopic (exact) mass is 292 g/mol. The van der Waals surface area contributed by atoms with Gasteiger partial charge in [0.15, 0.2) is 0 Å². The number of carbonyl (C=O) groups excluding carboxylic acids is 1. The highest BCUT2D eigenvalue weighted by Gasteiger charge is 2.38. The molecule has 1 saturated carbocycles. The number of amides is 1. The molecule has 1 amide bonds. The van der Waals surface area contributed by atoms with E-state index in [-0.39, 0.29) is 17.2 Å². The quantitative estimate of drug-likeness (QED) is 0.659. The Balaban J connectivity index is 1.56. The maximum Gasteiger partial charge on any atom is 0.275 e. The van der Waals surface area contributed by atoms with Gasteiger partial charge in [-0.3, -0.25) is 4.79 Å². The molecule has 2 aliphatic rings. The van der Waals surface area contributed by atoms with Crippen molar-refractivity contribution in [3.8, 4) is 5.75 Å². The summed E-state index contributed by atoms with van der Waals surface area (Å²) in [5, 5.41) is 16.1. The Bertz CT molecular complexity index is 823. The molecule has 2 aromatic rings. The van der Waals surface area contributed by atoms with Crippen LogP contribution < -0.4 is 5.43 Å². The van der Waals surface area contributed by atoms with Crippen LogP contribution in [0.15, 0.2) is 53.7 Å². The summed E-state index contributed by atoms with van der Waals surface area (Å²) in [6.45, 7) is 0. The minimum absolute atomic E-state index is 0.00446. The average molecular weight is 292 g/mol. The predicted molar refractivity (Wildman–Crippen MR) is 85.9 cm³/mol. The fourth-order valence-electron chi connectivity index (χ4n) is 3.28. The van der Waals surface area contributed by atoms with E-state index in [1.54, 1.807) is 12.1 Å². The van der Waals surface area contributed by atoms with Gasteiger partial charge in [-0.15, -0.1) is 0 Å². The minimum atomic E-state index is -0.370. The normalized spacial score (nSPS) is 24.3. The second-order valence-electron chi connectivity index (χ2n) is 5.87. The van der Waals surface area contributed by atoms with Crippen LogP contribution >= 0.6 is 0 Å². The first-order chi connectivity index (χ1) is 10.7. The molecule has 1 fully saturated rings. The summed E-state index contributed by atoms with van der Waals surface area (Å²) < 4.78 is 0. The van der Waals surface area contributed by atoms with Gasteiger partial charge in [0.2, 0.25) is 0 Å². The lowest BCUT2D eigenvalue weighted by molar-refractivity contribution is 0.0951. The van der Waals surface area contributed by atoms with E-state index < -0.39 is 0 Å². The van der Waals surface area contributed by atoms with Crippen LogP contribution in [0, 0.1) is 11.8 Å². The van der Waals surface area contributed by atoms with Crippen molar-refractivity contribution in [1.29, 1.82) is 0 Å². The van der Waals surface area contributed by atoms with Crippen LogP contribution in [0.25, 0.3) is 10.8 Å². The van der Waals surface area contributed by atoms with Gasteiger partial charge < -0.3 is 5.11 Å². The number of allylic oxidation sites excluding steroid dienone is 2. The largest absolute Gasteiger partial charge is 0.506 e. The molecule has 0 saturated heterocycles. The van der Waals surface area contributed by atoms with E-state index in [4.69, 9.17) is 0 Å². The zero-order valence-electron chi connectivity index (χ0n) is 12.0. The van der Waals surface area contributed by atoms with Crippen LogP contribution in [0.5, 0.6) is 5.75 Å². The summed E-state index contributed by atoms with van der Waals surface area (Å²) >= 11 is 0. The first-order valence-corrected chi connectivity index (χ1v) is 7.48. The Labute approximate surface area is 128 Å². The molecule has 0 aromatic heterocycles. The van der Waals surface area contributed by atoms with Crippen LogP contribution in [0.4, 0.5) is 0 Å². The van der Waals surface area contributed by atoms with Crippen LogP contribution in [0.3, 0.4) is 0 Å². The second kappa shape index (κ2) is 4.98. The highest BCUT2D eigenvalue weighted by molar-refractivity contribution is 6.04. The van der Waals surface area contributed by atoms with Gasteiger partial charge in [-0.2, -0.15) is 5.10 Å². The van der Waals surface area contributed by atoms with E-state index >= 15 is 0 Å². The highest BCUT2D eigenvalue weighted by Crippen LogP contribution is 2.40. The lowest BCUT2D eigenvalue weighted by atomic mass is 9.74. The number of rotatable bonds is 2. The van der Waals surface area contributed by atoms with Gasteiger partial charge >= 0.3 is 0 Å². The number of nitrogens with zero attached hydrogens (tertiary/aromatic N) is 1. The molecule has 0 bridgehead atoms. The standard InChI is InChI=1S/C18H16N2O2/c21-17-14-6-2-1-4-11(14)8-9-15(17)18(22)20-19-16-10-12-5-3-7-13(12)16/h1-6,8-9,12-13,21H,7,10H2,(H,20,22)/b19-16-. The Morgan fingerprint density at radius 2 is 2.09 bits per heavy atom. The molecular formula is C18H16N2O2. The maximum atomic E-state index is 12.3. The van der Waals surface area contributed by atoms with Crippen molar-refractivity contribution < 1.29 is 9.90 Å². The van der Waals surface area contributed by atoms with Gasteiger partial charge in [-0.05, 0) is 30.2 Å². The molecule has 4 heteroatoms. The topological polar surface area (TPSA) is 61.7 Å². The lowest BCUT2D eigenvalue weighted by Crippen LogP contribution is -2.35. The van der Waals surface area contributed by atoms with Crippen molar-refractivity contribution >= 4 is 22.4 Å². The molecule has 4 rings (SSSR count). The highest BCUT2D eigenvalue weighted by atomic mass is 16.3. The number of aromatic hydroxyl groups is 1. The van der Waals surface area contributed by atoms with Crippen molar-refractivity contribution in [3.63, 3.8) is 0 Å². The molecule has 110 valence electrons. The number of phenolic OH excluding ortho intramolecular Hbond substituents is 1. The summed E-state index contributed by atoms with van der Waals surface area (Å²) in [6.07, 6.45) is 6.33. The van der Waals surface area contributed by atoms with Crippen LogP contribution in [-0.4, -0.2) is 16.7 Å². The van der Waals surface area contributed by atoms with Crippen LogP contribution in [0.2, 0.25) is 0 Å². The second-order valence-corrected chi connectivity index (χ2v) is 5.87. The summed E-state index contributed by atoms with van der Waals surface area (Å²) in [6, 6.07) is 10.9. The molecule has 0 spiro atoms. The molecule has 2 aromatic carbocycles. The third-order valence-corrected chi connectivity index (χ3v) is 4.61. The maximum absolute atomic E-state index is 12.3. The molecule has 22 heavy (non-hydrogen) atoms. The molecule has 2 aliphatic carbocycles. The first-order valence-electron chi connectivity index (χ1n) is 7.48. The van der Waals surface area contributed by atoms with Gasteiger partial charge in [0.1, 0.15) is 5.75 Å². The number of carbonyl (C=O) groups is 1.